The maximum absolute atomic E-state index is 12.8. The molecule has 1 atom stereocenters. The van der Waals surface area contributed by atoms with Gasteiger partial charge >= 0.3 is 17.9 Å². The second-order valence-electron chi connectivity index (χ2n) is 20.3. The van der Waals surface area contributed by atoms with Gasteiger partial charge in [0, 0.05) is 19.3 Å². The van der Waals surface area contributed by atoms with Crippen molar-refractivity contribution in [3.63, 3.8) is 0 Å². The molecular formula is C63H114O6. The van der Waals surface area contributed by atoms with Gasteiger partial charge in [-0.3, -0.25) is 14.4 Å². The molecule has 402 valence electrons. The minimum absolute atomic E-state index is 0.0732. The summed E-state index contributed by atoms with van der Waals surface area (Å²) in [5.74, 6) is -0.870. The summed E-state index contributed by atoms with van der Waals surface area (Å²) in [6, 6.07) is 0. The molecule has 1 unspecified atom stereocenters. The van der Waals surface area contributed by atoms with Crippen LogP contribution < -0.4 is 0 Å². The lowest BCUT2D eigenvalue weighted by Crippen LogP contribution is -2.30. The molecule has 0 spiro atoms. The summed E-state index contributed by atoms with van der Waals surface area (Å²) in [6.07, 6.45) is 71.1. The average molecular weight is 968 g/mol. The number of carbonyl (C=O) groups is 3. The number of hydrogen-bond donors (Lipinski definition) is 0. The maximum Gasteiger partial charge on any atom is 0.306 e. The zero-order chi connectivity index (χ0) is 50.0. The molecule has 0 aliphatic heterocycles. The molecule has 69 heavy (non-hydrogen) atoms. The monoisotopic (exact) mass is 967 g/mol. The first-order chi connectivity index (χ1) is 34.0. The molecule has 0 fully saturated rings. The van der Waals surface area contributed by atoms with Crippen LogP contribution in [0.3, 0.4) is 0 Å². The van der Waals surface area contributed by atoms with Gasteiger partial charge in [-0.1, -0.05) is 262 Å². The molecule has 0 radical (unpaired) electrons. The second-order valence-corrected chi connectivity index (χ2v) is 20.3. The Bertz CT molecular complexity index is 1200. The molecule has 0 saturated carbocycles. The number of carbonyl (C=O) groups excluding carboxylic acids is 3. The van der Waals surface area contributed by atoms with Crippen LogP contribution in [0.1, 0.15) is 316 Å². The van der Waals surface area contributed by atoms with E-state index in [1.54, 1.807) is 0 Å². The summed E-state index contributed by atoms with van der Waals surface area (Å²) in [5, 5.41) is 0. The van der Waals surface area contributed by atoms with Gasteiger partial charge in [0.2, 0.25) is 0 Å². The zero-order valence-electron chi connectivity index (χ0n) is 46.1. The number of ether oxygens (including phenoxy) is 3. The normalized spacial score (nSPS) is 12.3. The van der Waals surface area contributed by atoms with Gasteiger partial charge in [0.25, 0.3) is 0 Å². The summed E-state index contributed by atoms with van der Waals surface area (Å²) in [7, 11) is 0. The van der Waals surface area contributed by atoms with Gasteiger partial charge in [0.05, 0.1) is 0 Å². The van der Waals surface area contributed by atoms with Crippen molar-refractivity contribution in [2.45, 2.75) is 322 Å². The van der Waals surface area contributed by atoms with E-state index in [0.29, 0.717) is 19.3 Å². The Kier molecular flexibility index (Phi) is 55.7. The van der Waals surface area contributed by atoms with Crippen molar-refractivity contribution < 1.29 is 28.6 Å². The lowest BCUT2D eigenvalue weighted by Gasteiger charge is -2.18. The SMILES string of the molecule is CCCCCCC/C=C\C/C=C\C/C=C\CCCCCCCCCCCCC(=O)OCC(COC(=O)CCCCCCCCCCC)OC(=O)CCCCCCCCC/C=C\CCCCCCCC. The fraction of sp³-hybridized carbons (Fsp3) is 0.825. The van der Waals surface area contributed by atoms with E-state index in [2.05, 4.69) is 69.4 Å². The van der Waals surface area contributed by atoms with Gasteiger partial charge in [0.1, 0.15) is 13.2 Å². The molecule has 6 nitrogen and oxygen atoms in total. The van der Waals surface area contributed by atoms with E-state index in [1.807, 2.05) is 0 Å². The minimum atomic E-state index is -0.774. The molecule has 0 bridgehead atoms. The van der Waals surface area contributed by atoms with E-state index in [1.165, 1.54) is 205 Å². The van der Waals surface area contributed by atoms with Crippen LogP contribution in [0.5, 0.6) is 0 Å². The molecule has 0 aromatic carbocycles. The standard InChI is InChI=1S/C63H114O6/c1-4-7-10-13-16-19-21-23-25-27-28-29-30-31-32-33-34-36-37-39-41-44-47-50-53-56-62(65)68-59-60(58-67-61(64)55-52-49-46-43-18-15-12-9-6-3)69-63(66)57-54-51-48-45-42-40-38-35-26-24-22-20-17-14-11-8-5-2/h21,23-24,26-28,30-31,60H,4-20,22,25,29,32-59H2,1-3H3/b23-21-,26-24-,28-27-,31-30-. The predicted molar refractivity (Wildman–Crippen MR) is 298 cm³/mol. The molecule has 0 amide bonds. The first kappa shape index (κ1) is 66.4. The highest BCUT2D eigenvalue weighted by molar-refractivity contribution is 5.71. The van der Waals surface area contributed by atoms with E-state index >= 15 is 0 Å². The summed E-state index contributed by atoms with van der Waals surface area (Å²) in [5.41, 5.74) is 0. The molecule has 0 aromatic heterocycles. The fourth-order valence-corrected chi connectivity index (χ4v) is 8.74. The van der Waals surface area contributed by atoms with Gasteiger partial charge < -0.3 is 14.2 Å². The van der Waals surface area contributed by atoms with Gasteiger partial charge in [-0.15, -0.1) is 0 Å². The first-order valence-electron chi connectivity index (χ1n) is 30.1. The van der Waals surface area contributed by atoms with Gasteiger partial charge in [-0.2, -0.15) is 0 Å². The molecule has 6 heteroatoms. The smallest absolute Gasteiger partial charge is 0.306 e. The third kappa shape index (κ3) is 56.2. The van der Waals surface area contributed by atoms with E-state index in [9.17, 15) is 14.4 Å². The van der Waals surface area contributed by atoms with E-state index in [4.69, 9.17) is 14.2 Å². The van der Waals surface area contributed by atoms with Crippen molar-refractivity contribution >= 4 is 17.9 Å². The number of unbranched alkanes of at least 4 members (excludes halogenated alkanes) is 36. The van der Waals surface area contributed by atoms with E-state index in [0.717, 1.165) is 70.6 Å². The van der Waals surface area contributed by atoms with Gasteiger partial charge in [-0.25, -0.2) is 0 Å². The van der Waals surface area contributed by atoms with Gasteiger partial charge in [0.15, 0.2) is 6.10 Å². The number of hydrogen-bond acceptors (Lipinski definition) is 6. The first-order valence-corrected chi connectivity index (χ1v) is 30.1. The van der Waals surface area contributed by atoms with E-state index in [-0.39, 0.29) is 31.1 Å². The molecular weight excluding hydrogens is 853 g/mol. The van der Waals surface area contributed by atoms with Crippen molar-refractivity contribution in [2.24, 2.45) is 0 Å². The van der Waals surface area contributed by atoms with Crippen LogP contribution in [0.4, 0.5) is 0 Å². The van der Waals surface area contributed by atoms with Crippen LogP contribution in [-0.4, -0.2) is 37.2 Å². The Balaban J connectivity index is 4.21. The molecule has 0 heterocycles. The van der Waals surface area contributed by atoms with Crippen LogP contribution in [0, 0.1) is 0 Å². The van der Waals surface area contributed by atoms with Crippen LogP contribution in [0.2, 0.25) is 0 Å². The lowest BCUT2D eigenvalue weighted by molar-refractivity contribution is -0.167. The summed E-state index contributed by atoms with van der Waals surface area (Å²) in [4.78, 5) is 38.1. The molecule has 0 aliphatic carbocycles. The Morgan fingerprint density at radius 3 is 0.826 bits per heavy atom. The Labute approximate surface area is 428 Å². The average Bonchev–Trinajstić information content (AvgIpc) is 3.35. The highest BCUT2D eigenvalue weighted by Crippen LogP contribution is 2.16. The topological polar surface area (TPSA) is 78.9 Å². The van der Waals surface area contributed by atoms with Crippen LogP contribution in [-0.2, 0) is 28.6 Å². The van der Waals surface area contributed by atoms with Crippen molar-refractivity contribution in [1.82, 2.24) is 0 Å². The largest absolute Gasteiger partial charge is 0.462 e. The molecule has 0 rings (SSSR count). The third-order valence-electron chi connectivity index (χ3n) is 13.3. The summed E-state index contributed by atoms with van der Waals surface area (Å²) < 4.78 is 16.8. The minimum Gasteiger partial charge on any atom is -0.462 e. The lowest BCUT2D eigenvalue weighted by atomic mass is 10.1. The molecule has 0 aromatic rings. The zero-order valence-corrected chi connectivity index (χ0v) is 46.1. The molecule has 0 N–H and O–H groups in total. The number of rotatable bonds is 55. The Morgan fingerprint density at radius 2 is 0.522 bits per heavy atom. The van der Waals surface area contributed by atoms with Crippen molar-refractivity contribution in [3.8, 4) is 0 Å². The quantitative estimate of drug-likeness (QED) is 0.0262. The predicted octanol–water partition coefficient (Wildman–Crippen LogP) is 20.2. The van der Waals surface area contributed by atoms with Crippen LogP contribution >= 0.6 is 0 Å². The second kappa shape index (κ2) is 57.9. The highest BCUT2D eigenvalue weighted by atomic mass is 16.6. The number of esters is 3. The summed E-state index contributed by atoms with van der Waals surface area (Å²) >= 11 is 0. The van der Waals surface area contributed by atoms with Gasteiger partial charge in [-0.05, 0) is 83.5 Å². The Hall–Kier alpha value is -2.63. The number of allylic oxidation sites excluding steroid dienone is 8. The molecule has 0 saturated heterocycles. The third-order valence-corrected chi connectivity index (χ3v) is 13.3. The van der Waals surface area contributed by atoms with Crippen molar-refractivity contribution in [1.29, 1.82) is 0 Å². The maximum atomic E-state index is 12.8. The van der Waals surface area contributed by atoms with Crippen molar-refractivity contribution in [3.05, 3.63) is 48.6 Å². The summed E-state index contributed by atoms with van der Waals surface area (Å²) in [6.45, 7) is 6.63. The van der Waals surface area contributed by atoms with Crippen LogP contribution in [0.15, 0.2) is 48.6 Å². The fourth-order valence-electron chi connectivity index (χ4n) is 8.74. The Morgan fingerprint density at radius 1 is 0.290 bits per heavy atom. The van der Waals surface area contributed by atoms with Crippen molar-refractivity contribution in [2.75, 3.05) is 13.2 Å². The van der Waals surface area contributed by atoms with E-state index < -0.39 is 6.10 Å². The molecule has 0 aliphatic rings. The highest BCUT2D eigenvalue weighted by Gasteiger charge is 2.19. The van der Waals surface area contributed by atoms with Crippen LogP contribution in [0.25, 0.3) is 0 Å².